The third-order valence-corrected chi connectivity index (χ3v) is 5.23. The molecule has 0 saturated carbocycles. The topological polar surface area (TPSA) is 63.4 Å². The molecular weight excluding hydrogens is 224 g/mol. The second-order valence-corrected chi connectivity index (χ2v) is 6.67. The highest BCUT2D eigenvalue weighted by atomic mass is 32.2. The van der Waals surface area contributed by atoms with Crippen LogP contribution >= 0.6 is 0 Å². The van der Waals surface area contributed by atoms with Gasteiger partial charge in [-0.1, -0.05) is 13.3 Å². The molecule has 2 N–H and O–H groups in total. The van der Waals surface area contributed by atoms with Crippen LogP contribution < -0.4 is 5.73 Å². The first-order valence-corrected chi connectivity index (χ1v) is 7.89. The third kappa shape index (κ3) is 4.03. The quantitative estimate of drug-likeness (QED) is 0.718. The molecule has 1 aliphatic heterocycles. The SMILES string of the molecule is CCC1CCCN(S(=O)(=O)CCCCN)C1. The Hall–Kier alpha value is -0.130. The highest BCUT2D eigenvalue weighted by Crippen LogP contribution is 2.21. The molecule has 0 amide bonds. The summed E-state index contributed by atoms with van der Waals surface area (Å²) in [6.45, 7) is 4.14. The lowest BCUT2D eigenvalue weighted by Gasteiger charge is -2.31. The van der Waals surface area contributed by atoms with E-state index in [1.54, 1.807) is 4.31 Å². The molecule has 0 aliphatic carbocycles. The molecule has 5 heteroatoms. The zero-order valence-corrected chi connectivity index (χ0v) is 11.0. The van der Waals surface area contributed by atoms with Crippen LogP contribution in [0.4, 0.5) is 0 Å². The van der Waals surface area contributed by atoms with Crippen molar-refractivity contribution in [3.63, 3.8) is 0 Å². The van der Waals surface area contributed by atoms with Gasteiger partial charge in [-0.25, -0.2) is 12.7 Å². The van der Waals surface area contributed by atoms with Crippen molar-refractivity contribution in [2.45, 2.75) is 39.0 Å². The Morgan fingerprint density at radius 2 is 2.12 bits per heavy atom. The molecule has 1 aliphatic rings. The van der Waals surface area contributed by atoms with Crippen LogP contribution in [-0.2, 0) is 10.0 Å². The summed E-state index contributed by atoms with van der Waals surface area (Å²) in [5.74, 6) is 0.818. The molecule has 0 aromatic rings. The fourth-order valence-corrected chi connectivity index (χ4v) is 3.84. The molecule has 1 rings (SSSR count). The first kappa shape index (κ1) is 13.9. The largest absolute Gasteiger partial charge is 0.330 e. The second-order valence-electron chi connectivity index (χ2n) is 4.59. The lowest BCUT2D eigenvalue weighted by atomic mass is 9.97. The molecule has 1 atom stereocenters. The Morgan fingerprint density at radius 1 is 1.38 bits per heavy atom. The minimum Gasteiger partial charge on any atom is -0.330 e. The Kier molecular flexibility index (Phi) is 5.72. The van der Waals surface area contributed by atoms with Crippen molar-refractivity contribution in [3.8, 4) is 0 Å². The van der Waals surface area contributed by atoms with Crippen LogP contribution in [0.3, 0.4) is 0 Å². The van der Waals surface area contributed by atoms with Gasteiger partial charge in [-0.2, -0.15) is 0 Å². The molecule has 1 heterocycles. The van der Waals surface area contributed by atoms with E-state index in [2.05, 4.69) is 6.92 Å². The molecular formula is C11H24N2O2S. The van der Waals surface area contributed by atoms with Crippen LogP contribution in [0.5, 0.6) is 0 Å². The summed E-state index contributed by atoms with van der Waals surface area (Å²) in [7, 11) is -3.02. The van der Waals surface area contributed by atoms with E-state index in [1.807, 2.05) is 0 Å². The summed E-state index contributed by atoms with van der Waals surface area (Å²) in [6.07, 6.45) is 4.74. The number of nitrogens with zero attached hydrogens (tertiary/aromatic N) is 1. The summed E-state index contributed by atoms with van der Waals surface area (Å²) in [5.41, 5.74) is 5.37. The van der Waals surface area contributed by atoms with Gasteiger partial charge in [-0.3, -0.25) is 0 Å². The standard InChI is InChI=1S/C11H24N2O2S/c1-2-11-6-5-8-13(10-11)16(14,15)9-4-3-7-12/h11H,2-10,12H2,1H3. The Morgan fingerprint density at radius 3 is 2.75 bits per heavy atom. The molecule has 0 aromatic heterocycles. The number of piperidine rings is 1. The molecule has 0 bridgehead atoms. The lowest BCUT2D eigenvalue weighted by molar-refractivity contribution is 0.261. The maximum atomic E-state index is 12.0. The molecule has 0 spiro atoms. The average molecular weight is 248 g/mol. The summed E-state index contributed by atoms with van der Waals surface area (Å²) in [6, 6.07) is 0. The van der Waals surface area contributed by atoms with Crippen molar-refractivity contribution in [1.29, 1.82) is 0 Å². The minimum atomic E-state index is -3.02. The van der Waals surface area contributed by atoms with E-state index < -0.39 is 10.0 Å². The van der Waals surface area contributed by atoms with Crippen LogP contribution in [0.15, 0.2) is 0 Å². The minimum absolute atomic E-state index is 0.265. The zero-order chi connectivity index (χ0) is 12.0. The monoisotopic (exact) mass is 248 g/mol. The van der Waals surface area contributed by atoms with Crippen molar-refractivity contribution in [3.05, 3.63) is 0 Å². The first-order chi connectivity index (χ1) is 7.60. The van der Waals surface area contributed by atoms with Gasteiger partial charge >= 0.3 is 0 Å². The first-order valence-electron chi connectivity index (χ1n) is 6.28. The van der Waals surface area contributed by atoms with E-state index in [0.717, 1.165) is 25.8 Å². The Bertz CT molecular complexity index is 290. The summed E-state index contributed by atoms with van der Waals surface area (Å²) < 4.78 is 25.7. The van der Waals surface area contributed by atoms with Crippen molar-refractivity contribution in [2.24, 2.45) is 11.7 Å². The number of hydrogen-bond acceptors (Lipinski definition) is 3. The molecule has 1 unspecified atom stereocenters. The van der Waals surface area contributed by atoms with Crippen LogP contribution in [0.1, 0.15) is 39.0 Å². The maximum Gasteiger partial charge on any atom is 0.214 e. The number of nitrogens with two attached hydrogens (primary N) is 1. The maximum absolute atomic E-state index is 12.0. The molecule has 0 radical (unpaired) electrons. The van der Waals surface area contributed by atoms with E-state index >= 15 is 0 Å². The van der Waals surface area contributed by atoms with E-state index in [0.29, 0.717) is 25.4 Å². The fourth-order valence-electron chi connectivity index (χ4n) is 2.17. The summed E-state index contributed by atoms with van der Waals surface area (Å²) in [5, 5.41) is 0. The van der Waals surface area contributed by atoms with Crippen LogP contribution in [0, 0.1) is 5.92 Å². The molecule has 1 fully saturated rings. The molecule has 1 saturated heterocycles. The Labute approximate surface area is 99.2 Å². The van der Waals surface area contributed by atoms with Gasteiger partial charge in [0.25, 0.3) is 0 Å². The van der Waals surface area contributed by atoms with Gasteiger partial charge in [0.05, 0.1) is 5.75 Å². The fraction of sp³-hybridized carbons (Fsp3) is 1.00. The van der Waals surface area contributed by atoms with Crippen molar-refractivity contribution >= 4 is 10.0 Å². The van der Waals surface area contributed by atoms with Crippen molar-refractivity contribution in [1.82, 2.24) is 4.31 Å². The predicted octanol–water partition coefficient (Wildman–Crippen LogP) is 1.18. The third-order valence-electron chi connectivity index (χ3n) is 3.31. The van der Waals surface area contributed by atoms with Crippen molar-refractivity contribution < 1.29 is 8.42 Å². The van der Waals surface area contributed by atoms with Gasteiger partial charge in [0, 0.05) is 13.1 Å². The van der Waals surface area contributed by atoms with E-state index in [9.17, 15) is 8.42 Å². The lowest BCUT2D eigenvalue weighted by Crippen LogP contribution is -2.40. The molecule has 16 heavy (non-hydrogen) atoms. The molecule has 96 valence electrons. The average Bonchev–Trinajstić information content (AvgIpc) is 2.29. The Balaban J connectivity index is 2.47. The van der Waals surface area contributed by atoms with Gasteiger partial charge in [-0.15, -0.1) is 0 Å². The van der Waals surface area contributed by atoms with Gasteiger partial charge < -0.3 is 5.73 Å². The highest BCUT2D eigenvalue weighted by Gasteiger charge is 2.27. The second kappa shape index (κ2) is 6.57. The number of unbranched alkanes of at least 4 members (excludes halogenated alkanes) is 1. The molecule has 4 nitrogen and oxygen atoms in total. The normalized spacial score (nSPS) is 23.5. The van der Waals surface area contributed by atoms with Gasteiger partial charge in [0.15, 0.2) is 0 Å². The van der Waals surface area contributed by atoms with E-state index in [1.165, 1.54) is 6.42 Å². The van der Waals surface area contributed by atoms with Crippen LogP contribution in [0.2, 0.25) is 0 Å². The van der Waals surface area contributed by atoms with Gasteiger partial charge in [-0.05, 0) is 38.1 Å². The van der Waals surface area contributed by atoms with Gasteiger partial charge in [0.1, 0.15) is 0 Å². The smallest absolute Gasteiger partial charge is 0.214 e. The predicted molar refractivity (Wildman–Crippen MR) is 66.7 cm³/mol. The summed E-state index contributed by atoms with van der Waals surface area (Å²) in [4.78, 5) is 0. The zero-order valence-electron chi connectivity index (χ0n) is 10.2. The van der Waals surface area contributed by atoms with E-state index in [-0.39, 0.29) is 5.75 Å². The van der Waals surface area contributed by atoms with Crippen LogP contribution in [0.25, 0.3) is 0 Å². The summed E-state index contributed by atoms with van der Waals surface area (Å²) >= 11 is 0. The molecule has 0 aromatic carbocycles. The number of rotatable bonds is 6. The highest BCUT2D eigenvalue weighted by molar-refractivity contribution is 7.89. The van der Waals surface area contributed by atoms with Crippen molar-refractivity contribution in [2.75, 3.05) is 25.4 Å². The van der Waals surface area contributed by atoms with E-state index in [4.69, 9.17) is 5.73 Å². The number of hydrogen-bond donors (Lipinski definition) is 1. The van der Waals surface area contributed by atoms with Gasteiger partial charge in [0.2, 0.25) is 10.0 Å². The number of sulfonamides is 1. The van der Waals surface area contributed by atoms with Crippen LogP contribution in [-0.4, -0.2) is 38.1 Å².